The van der Waals surface area contributed by atoms with E-state index in [9.17, 15) is 14.4 Å². The van der Waals surface area contributed by atoms with E-state index in [2.05, 4.69) is 10.6 Å². The van der Waals surface area contributed by atoms with Crippen LogP contribution in [0.2, 0.25) is 0 Å². The fourth-order valence-corrected chi connectivity index (χ4v) is 2.10. The molecule has 0 atom stereocenters. The van der Waals surface area contributed by atoms with Crippen LogP contribution >= 0.6 is 0 Å². The summed E-state index contributed by atoms with van der Waals surface area (Å²) in [6, 6.07) is 15.2. The van der Waals surface area contributed by atoms with Crippen LogP contribution in [-0.2, 0) is 27.4 Å². The maximum atomic E-state index is 11.9. The van der Waals surface area contributed by atoms with Crippen molar-refractivity contribution >= 4 is 17.9 Å². The SMILES string of the molecule is COCc1ccc(C(=O)OCC(=O)NC(=O)NCc2ccccc2)cc1. The molecule has 7 nitrogen and oxygen atoms in total. The summed E-state index contributed by atoms with van der Waals surface area (Å²) >= 11 is 0. The molecule has 2 rings (SSSR count). The van der Waals surface area contributed by atoms with Gasteiger partial charge >= 0.3 is 12.0 Å². The van der Waals surface area contributed by atoms with E-state index >= 15 is 0 Å². The van der Waals surface area contributed by atoms with Crippen molar-refractivity contribution in [3.05, 3.63) is 71.3 Å². The molecule has 0 aliphatic heterocycles. The van der Waals surface area contributed by atoms with Gasteiger partial charge < -0.3 is 14.8 Å². The van der Waals surface area contributed by atoms with Crippen LogP contribution in [0.4, 0.5) is 4.79 Å². The quantitative estimate of drug-likeness (QED) is 0.740. The number of carbonyl (C=O) groups is 3. The summed E-state index contributed by atoms with van der Waals surface area (Å²) in [6.45, 7) is 0.181. The average Bonchev–Trinajstić information content (AvgIpc) is 2.66. The number of nitrogens with one attached hydrogen (secondary N) is 2. The Labute approximate surface area is 151 Å². The number of carbonyl (C=O) groups excluding carboxylic acids is 3. The van der Waals surface area contributed by atoms with Crippen LogP contribution in [0.3, 0.4) is 0 Å². The first-order chi connectivity index (χ1) is 12.6. The lowest BCUT2D eigenvalue weighted by Crippen LogP contribution is -2.41. The number of amides is 3. The van der Waals surface area contributed by atoms with Crippen LogP contribution in [0.1, 0.15) is 21.5 Å². The first-order valence-electron chi connectivity index (χ1n) is 7.95. The van der Waals surface area contributed by atoms with E-state index < -0.39 is 24.5 Å². The van der Waals surface area contributed by atoms with E-state index in [1.165, 1.54) is 0 Å². The number of benzene rings is 2. The van der Waals surface area contributed by atoms with Gasteiger partial charge in [0.15, 0.2) is 6.61 Å². The number of hydrogen-bond donors (Lipinski definition) is 2. The summed E-state index contributed by atoms with van der Waals surface area (Å²) in [5.41, 5.74) is 2.13. The van der Waals surface area contributed by atoms with Crippen molar-refractivity contribution in [1.82, 2.24) is 10.6 Å². The molecule has 2 aromatic carbocycles. The predicted octanol–water partition coefficient (Wildman–Crippen LogP) is 2.02. The Hall–Kier alpha value is -3.19. The summed E-state index contributed by atoms with van der Waals surface area (Å²) in [5, 5.41) is 4.64. The molecular weight excluding hydrogens is 336 g/mol. The molecular formula is C19H20N2O5. The third kappa shape index (κ3) is 6.37. The zero-order chi connectivity index (χ0) is 18.8. The molecule has 0 radical (unpaired) electrons. The van der Waals surface area contributed by atoms with Crippen molar-refractivity contribution in [3.8, 4) is 0 Å². The summed E-state index contributed by atoms with van der Waals surface area (Å²) in [6.07, 6.45) is 0. The highest BCUT2D eigenvalue weighted by atomic mass is 16.5. The Balaban J connectivity index is 1.71. The minimum absolute atomic E-state index is 0.285. The Morgan fingerprint density at radius 2 is 1.62 bits per heavy atom. The summed E-state index contributed by atoms with van der Waals surface area (Å²) < 4.78 is 9.88. The van der Waals surface area contributed by atoms with Crippen LogP contribution in [0.25, 0.3) is 0 Å². The second-order valence-corrected chi connectivity index (χ2v) is 5.42. The zero-order valence-electron chi connectivity index (χ0n) is 14.4. The number of imide groups is 1. The van der Waals surface area contributed by atoms with E-state index in [4.69, 9.17) is 9.47 Å². The standard InChI is InChI=1S/C19H20N2O5/c1-25-12-15-7-9-16(10-8-15)18(23)26-13-17(22)21-19(24)20-11-14-5-3-2-4-6-14/h2-10H,11-13H2,1H3,(H2,20,21,22,24). The van der Waals surface area contributed by atoms with E-state index in [0.29, 0.717) is 12.2 Å². The lowest BCUT2D eigenvalue weighted by Gasteiger charge is -2.08. The molecule has 0 saturated carbocycles. The van der Waals surface area contributed by atoms with Gasteiger partial charge in [0.05, 0.1) is 12.2 Å². The second kappa shape index (κ2) is 9.95. The third-order valence-electron chi connectivity index (χ3n) is 3.38. The van der Waals surface area contributed by atoms with Crippen LogP contribution in [0, 0.1) is 0 Å². The number of hydrogen-bond acceptors (Lipinski definition) is 5. The molecule has 2 aromatic rings. The highest BCUT2D eigenvalue weighted by Gasteiger charge is 2.12. The van der Waals surface area contributed by atoms with E-state index in [1.54, 1.807) is 31.4 Å². The highest BCUT2D eigenvalue weighted by Crippen LogP contribution is 2.07. The monoisotopic (exact) mass is 356 g/mol. The van der Waals surface area contributed by atoms with Gasteiger partial charge in [-0.2, -0.15) is 0 Å². The van der Waals surface area contributed by atoms with Gasteiger partial charge in [-0.1, -0.05) is 42.5 Å². The van der Waals surface area contributed by atoms with Crippen LogP contribution < -0.4 is 10.6 Å². The van der Waals surface area contributed by atoms with Gasteiger partial charge in [0.2, 0.25) is 0 Å². The van der Waals surface area contributed by atoms with Crippen molar-refractivity contribution in [2.45, 2.75) is 13.2 Å². The molecule has 7 heteroatoms. The molecule has 3 amide bonds. The molecule has 0 spiro atoms. The topological polar surface area (TPSA) is 93.7 Å². The number of rotatable bonds is 7. The second-order valence-electron chi connectivity index (χ2n) is 5.42. The van der Waals surface area contributed by atoms with Crippen LogP contribution in [-0.4, -0.2) is 31.6 Å². The first-order valence-corrected chi connectivity index (χ1v) is 7.95. The van der Waals surface area contributed by atoms with Gasteiger partial charge in [-0.15, -0.1) is 0 Å². The van der Waals surface area contributed by atoms with Crippen molar-refractivity contribution in [3.63, 3.8) is 0 Å². The Kier molecular flexibility index (Phi) is 7.32. The first kappa shape index (κ1) is 19.1. The Morgan fingerprint density at radius 3 is 2.27 bits per heavy atom. The normalized spacial score (nSPS) is 10.0. The highest BCUT2D eigenvalue weighted by molar-refractivity contribution is 5.97. The maximum absolute atomic E-state index is 11.9. The molecule has 0 fully saturated rings. The molecule has 26 heavy (non-hydrogen) atoms. The number of ether oxygens (including phenoxy) is 2. The van der Waals surface area contributed by atoms with E-state index in [0.717, 1.165) is 11.1 Å². The summed E-state index contributed by atoms with van der Waals surface area (Å²) in [5.74, 6) is -1.35. The maximum Gasteiger partial charge on any atom is 0.338 e. The smallest absolute Gasteiger partial charge is 0.338 e. The van der Waals surface area contributed by atoms with Crippen molar-refractivity contribution in [2.24, 2.45) is 0 Å². The van der Waals surface area contributed by atoms with Gasteiger partial charge in [0.1, 0.15) is 0 Å². The lowest BCUT2D eigenvalue weighted by molar-refractivity contribution is -0.123. The minimum atomic E-state index is -0.708. The zero-order valence-corrected chi connectivity index (χ0v) is 14.4. The summed E-state index contributed by atoms with van der Waals surface area (Å²) in [4.78, 5) is 35.2. The van der Waals surface area contributed by atoms with Crippen molar-refractivity contribution < 1.29 is 23.9 Å². The average molecular weight is 356 g/mol. The fraction of sp³-hybridized carbons (Fsp3) is 0.211. The number of esters is 1. The Bertz CT molecular complexity index is 744. The molecule has 0 unspecified atom stereocenters. The molecule has 0 heterocycles. The molecule has 0 aliphatic rings. The van der Waals surface area contributed by atoms with Crippen LogP contribution in [0.15, 0.2) is 54.6 Å². The molecule has 2 N–H and O–H groups in total. The lowest BCUT2D eigenvalue weighted by atomic mass is 10.1. The molecule has 0 saturated heterocycles. The van der Waals surface area contributed by atoms with Gasteiger partial charge in [-0.05, 0) is 23.3 Å². The van der Waals surface area contributed by atoms with Gasteiger partial charge in [-0.25, -0.2) is 9.59 Å². The molecule has 0 bridgehead atoms. The fourth-order valence-electron chi connectivity index (χ4n) is 2.10. The predicted molar refractivity (Wildman–Crippen MR) is 94.3 cm³/mol. The van der Waals surface area contributed by atoms with Crippen LogP contribution in [0.5, 0.6) is 0 Å². The largest absolute Gasteiger partial charge is 0.452 e. The number of urea groups is 1. The van der Waals surface area contributed by atoms with Crippen molar-refractivity contribution in [2.75, 3.05) is 13.7 Å². The number of methoxy groups -OCH3 is 1. The van der Waals surface area contributed by atoms with Gasteiger partial charge in [0, 0.05) is 13.7 Å². The van der Waals surface area contributed by atoms with E-state index in [1.807, 2.05) is 30.3 Å². The molecule has 136 valence electrons. The Morgan fingerprint density at radius 1 is 0.923 bits per heavy atom. The molecule has 0 aromatic heterocycles. The van der Waals surface area contributed by atoms with Gasteiger partial charge in [-0.3, -0.25) is 10.1 Å². The molecule has 0 aliphatic carbocycles. The third-order valence-corrected chi connectivity index (χ3v) is 3.38. The van der Waals surface area contributed by atoms with Crippen molar-refractivity contribution in [1.29, 1.82) is 0 Å². The minimum Gasteiger partial charge on any atom is -0.452 e. The van der Waals surface area contributed by atoms with E-state index in [-0.39, 0.29) is 6.54 Å². The summed E-state index contributed by atoms with van der Waals surface area (Å²) in [7, 11) is 1.58. The van der Waals surface area contributed by atoms with Gasteiger partial charge in [0.25, 0.3) is 5.91 Å².